The van der Waals surface area contributed by atoms with Gasteiger partial charge < -0.3 is 7.58 Å². The maximum absolute atomic E-state index is 6.51. The van der Waals surface area contributed by atoms with E-state index in [1.807, 2.05) is 12.4 Å². The molecule has 4 nitrogen and oxygen atoms in total. The van der Waals surface area contributed by atoms with E-state index in [0.717, 1.165) is 22.6 Å². The standard InChI is InChI=1S/C30H44N2O2.Al/c1-19-13-21(25(33)23(15-19)27(3,4)5)17-31-29(9,10)30(11,12)32-18-22-14-20(2)16-24(26(22)34)28(6,7)8;/h13-18,33-34H,1-12H3;/q;+2/p-2. The summed E-state index contributed by atoms with van der Waals surface area (Å²) in [5.41, 5.74) is 5.63. The van der Waals surface area contributed by atoms with E-state index >= 15 is 0 Å². The topological polar surface area (TPSA) is 43.2 Å². The van der Waals surface area contributed by atoms with Gasteiger partial charge in [-0.05, 0) is 86.8 Å². The first-order valence-electron chi connectivity index (χ1n) is 12.5. The van der Waals surface area contributed by atoms with Gasteiger partial charge in [0.05, 0.1) is 22.6 Å². The van der Waals surface area contributed by atoms with Crippen LogP contribution in [0.15, 0.2) is 34.3 Å². The van der Waals surface area contributed by atoms with E-state index in [-0.39, 0.29) is 10.8 Å². The van der Waals surface area contributed by atoms with Crippen molar-refractivity contribution in [2.45, 2.75) is 105 Å². The zero-order chi connectivity index (χ0) is 26.4. The molecule has 1 radical (unpaired) electrons. The van der Waals surface area contributed by atoms with Gasteiger partial charge in [0.1, 0.15) is 0 Å². The van der Waals surface area contributed by atoms with Gasteiger partial charge in [-0.2, -0.15) is 0 Å². The van der Waals surface area contributed by atoms with Crippen LogP contribution >= 0.6 is 0 Å². The molecule has 0 bridgehead atoms. The lowest BCUT2D eigenvalue weighted by Gasteiger charge is -2.35. The molecule has 0 fully saturated rings. The number of hydrogen-bond donors (Lipinski definition) is 0. The second-order valence-corrected chi connectivity index (χ2v) is 13.6. The lowest BCUT2D eigenvalue weighted by atomic mass is 9.82. The van der Waals surface area contributed by atoms with Crippen LogP contribution in [0.1, 0.15) is 103 Å². The third-order valence-electron chi connectivity index (χ3n) is 7.02. The maximum Gasteiger partial charge on any atom is 0.881 e. The fourth-order valence-electron chi connectivity index (χ4n) is 4.07. The Morgan fingerprint density at radius 2 is 0.971 bits per heavy atom. The molecule has 0 saturated carbocycles. The lowest BCUT2D eigenvalue weighted by molar-refractivity contribution is 0.317. The number of fused-ring (bicyclic) bond motifs is 2. The van der Waals surface area contributed by atoms with Crippen LogP contribution in [0, 0.1) is 13.8 Å². The van der Waals surface area contributed by atoms with Crippen molar-refractivity contribution >= 4 is 28.3 Å². The molecule has 35 heavy (non-hydrogen) atoms. The summed E-state index contributed by atoms with van der Waals surface area (Å²) in [5.74, 6) is 1.73. The fraction of sp³-hybridized carbons (Fsp3) is 0.533. The molecule has 0 unspecified atom stereocenters. The van der Waals surface area contributed by atoms with Gasteiger partial charge in [-0.15, -0.1) is 0 Å². The minimum Gasteiger partial charge on any atom is -0.615 e. The highest BCUT2D eigenvalue weighted by Gasteiger charge is 2.36. The van der Waals surface area contributed by atoms with Gasteiger partial charge in [0.15, 0.2) is 0 Å². The molecule has 187 valence electrons. The molecule has 3 rings (SSSR count). The molecule has 0 aromatic heterocycles. The zero-order valence-electron chi connectivity index (χ0n) is 23.8. The summed E-state index contributed by atoms with van der Waals surface area (Å²) in [6.07, 6.45) is 3.92. The van der Waals surface area contributed by atoms with Gasteiger partial charge in [0, 0.05) is 23.6 Å². The van der Waals surface area contributed by atoms with E-state index in [9.17, 15) is 0 Å². The molecule has 2 aromatic rings. The Bertz CT molecular complexity index is 1070. The van der Waals surface area contributed by atoms with Crippen molar-refractivity contribution in [3.05, 3.63) is 57.6 Å². The summed E-state index contributed by atoms with van der Waals surface area (Å²) in [7, 11) is 0. The number of hydrogen-bond acceptors (Lipinski definition) is 4. The third kappa shape index (κ3) is 6.01. The average Bonchev–Trinajstić information content (AvgIpc) is 2.70. The Kier molecular flexibility index (Phi) is 7.40. The van der Waals surface area contributed by atoms with Gasteiger partial charge in [0.2, 0.25) is 0 Å². The second kappa shape index (κ2) is 9.41. The van der Waals surface area contributed by atoms with Crippen LogP contribution in [0.3, 0.4) is 0 Å². The van der Waals surface area contributed by atoms with Gasteiger partial charge >= 0.3 is 15.9 Å². The van der Waals surface area contributed by atoms with Crippen LogP contribution in [0.4, 0.5) is 0 Å². The monoisotopic (exact) mass is 489 g/mol. The molecule has 5 heteroatoms. The number of aryl methyl sites for hydroxylation is 2. The number of aliphatic imine (C=N–C) groups is 2. The predicted molar refractivity (Wildman–Crippen MR) is 150 cm³/mol. The largest absolute Gasteiger partial charge is 0.881 e. The highest BCUT2D eigenvalue weighted by Crippen LogP contribution is 2.38. The molecule has 1 aliphatic rings. The van der Waals surface area contributed by atoms with E-state index < -0.39 is 27.0 Å². The molecule has 0 amide bonds. The second-order valence-electron chi connectivity index (χ2n) is 12.9. The quantitative estimate of drug-likeness (QED) is 0.365. The number of benzene rings is 2. The number of nitrogens with zero attached hydrogens (tertiary/aromatic N) is 2. The normalized spacial score (nSPS) is 17.5. The van der Waals surface area contributed by atoms with Crippen molar-refractivity contribution in [2.75, 3.05) is 0 Å². The minimum atomic E-state index is -0.801. The average molecular weight is 490 g/mol. The molecule has 0 atom stereocenters. The first kappa shape index (κ1) is 27.5. The summed E-state index contributed by atoms with van der Waals surface area (Å²) >= 11 is -0.801. The van der Waals surface area contributed by atoms with Crippen LogP contribution in [-0.4, -0.2) is 39.4 Å². The van der Waals surface area contributed by atoms with Crippen molar-refractivity contribution in [2.24, 2.45) is 9.98 Å². The van der Waals surface area contributed by atoms with Crippen LogP contribution < -0.4 is 7.58 Å². The van der Waals surface area contributed by atoms with Gasteiger partial charge in [-0.25, -0.2) is 0 Å². The SMILES string of the molecule is Cc1cc2c(c(C(C)(C)C)c1)[O][Al][O]c1c(cc(C)cc1C(C)(C)C)C=NC(C)(C)C(C)(C)N=C2. The van der Waals surface area contributed by atoms with E-state index in [1.54, 1.807) is 0 Å². The molecule has 0 N–H and O–H groups in total. The van der Waals surface area contributed by atoms with E-state index in [4.69, 9.17) is 17.6 Å². The van der Waals surface area contributed by atoms with Crippen LogP contribution in [0.5, 0.6) is 11.5 Å². The van der Waals surface area contributed by atoms with E-state index in [1.165, 1.54) is 22.3 Å². The maximum atomic E-state index is 6.51. The van der Waals surface area contributed by atoms with E-state index in [0.29, 0.717) is 0 Å². The highest BCUT2D eigenvalue weighted by molar-refractivity contribution is 6.21. The van der Waals surface area contributed by atoms with Crippen LogP contribution in [0.2, 0.25) is 0 Å². The molecule has 1 heterocycles. The van der Waals surface area contributed by atoms with Crippen molar-refractivity contribution in [3.8, 4) is 11.5 Å². The molecule has 0 saturated heterocycles. The first-order valence-corrected chi connectivity index (χ1v) is 13.4. The summed E-state index contributed by atoms with van der Waals surface area (Å²) in [4.78, 5) is 10.1. The van der Waals surface area contributed by atoms with Crippen molar-refractivity contribution < 1.29 is 7.58 Å². The molecule has 1 aliphatic heterocycles. The Morgan fingerprint density at radius 3 is 1.29 bits per heavy atom. The molecule has 2 aromatic carbocycles. The molecule has 0 spiro atoms. The fourth-order valence-corrected chi connectivity index (χ4v) is 4.84. The summed E-state index contributed by atoms with van der Waals surface area (Å²) in [6.45, 7) is 26.1. The van der Waals surface area contributed by atoms with Gasteiger partial charge in [-0.3, -0.25) is 9.98 Å². The molecular formula is C30H42AlN2O2. The Balaban J connectivity index is 2.29. The Hall–Kier alpha value is -2.09. The summed E-state index contributed by atoms with van der Waals surface area (Å²) < 4.78 is 13.0. The molecule has 0 aliphatic carbocycles. The Morgan fingerprint density at radius 1 is 0.629 bits per heavy atom. The van der Waals surface area contributed by atoms with E-state index in [2.05, 4.69) is 107 Å². The van der Waals surface area contributed by atoms with Gasteiger partial charge in [0.25, 0.3) is 0 Å². The summed E-state index contributed by atoms with van der Waals surface area (Å²) in [5, 5.41) is 0. The first-order chi connectivity index (χ1) is 15.9. The minimum absolute atomic E-state index is 0.0825. The summed E-state index contributed by atoms with van der Waals surface area (Å²) in [6, 6.07) is 8.75. The zero-order valence-corrected chi connectivity index (χ0v) is 24.9. The lowest BCUT2D eigenvalue weighted by Crippen LogP contribution is -2.42. The smallest absolute Gasteiger partial charge is 0.615 e. The van der Waals surface area contributed by atoms with Crippen LogP contribution in [-0.2, 0) is 10.8 Å². The molecular weight excluding hydrogens is 447 g/mol. The van der Waals surface area contributed by atoms with Crippen molar-refractivity contribution in [3.63, 3.8) is 0 Å². The van der Waals surface area contributed by atoms with Crippen LogP contribution in [0.25, 0.3) is 0 Å². The van der Waals surface area contributed by atoms with Crippen molar-refractivity contribution in [1.29, 1.82) is 0 Å². The highest BCUT2D eigenvalue weighted by atomic mass is 27.2. The number of rotatable bonds is 0. The third-order valence-corrected chi connectivity index (χ3v) is 7.69. The Labute approximate surface area is 219 Å². The van der Waals surface area contributed by atoms with Crippen molar-refractivity contribution in [1.82, 2.24) is 0 Å². The predicted octanol–water partition coefficient (Wildman–Crippen LogP) is 7.30. The van der Waals surface area contributed by atoms with Gasteiger partial charge in [-0.1, -0.05) is 53.7 Å².